The highest BCUT2D eigenvalue weighted by atomic mass is 32.1. The number of hydrogen-bond acceptors (Lipinski definition) is 2. The maximum absolute atomic E-state index is 11.0. The Morgan fingerprint density at radius 1 is 1.17 bits per heavy atom. The van der Waals surface area contributed by atoms with E-state index in [2.05, 4.69) is 34.3 Å². The molecule has 2 heterocycles. The number of carbonyl (C=O) groups is 1. The van der Waals surface area contributed by atoms with Gasteiger partial charge in [0.2, 0.25) is 0 Å². The molecule has 1 aromatic carbocycles. The summed E-state index contributed by atoms with van der Waals surface area (Å²) in [6, 6.07) is 12.1. The first-order valence-electron chi connectivity index (χ1n) is 5.94. The lowest BCUT2D eigenvalue weighted by Crippen LogP contribution is -1.98. The molecule has 3 heteroatoms. The van der Waals surface area contributed by atoms with Gasteiger partial charge >= 0.3 is 0 Å². The van der Waals surface area contributed by atoms with Crippen molar-refractivity contribution in [2.24, 2.45) is 0 Å². The van der Waals surface area contributed by atoms with Crippen molar-refractivity contribution in [1.29, 1.82) is 0 Å². The lowest BCUT2D eigenvalue weighted by atomic mass is 10.1. The molecular weight excluding hydrogens is 242 g/mol. The first kappa shape index (κ1) is 11.2. The summed E-state index contributed by atoms with van der Waals surface area (Å²) in [5, 5.41) is 3.15. The van der Waals surface area contributed by atoms with E-state index in [0.29, 0.717) is 0 Å². The van der Waals surface area contributed by atoms with Crippen molar-refractivity contribution < 1.29 is 4.79 Å². The van der Waals surface area contributed by atoms with Crippen molar-refractivity contribution in [1.82, 2.24) is 4.57 Å². The maximum atomic E-state index is 11.0. The molecule has 0 aliphatic heterocycles. The maximum Gasteiger partial charge on any atom is 0.150 e. The van der Waals surface area contributed by atoms with Crippen molar-refractivity contribution >= 4 is 28.5 Å². The molecule has 0 aliphatic carbocycles. The fourth-order valence-corrected chi connectivity index (χ4v) is 2.93. The number of aromatic nitrogens is 1. The minimum atomic E-state index is 0.766. The largest absolute Gasteiger partial charge is 0.347 e. The van der Waals surface area contributed by atoms with Crippen LogP contribution in [0.15, 0.2) is 48.0 Å². The summed E-state index contributed by atoms with van der Waals surface area (Å²) in [6.07, 6.45) is 4.02. The van der Waals surface area contributed by atoms with Gasteiger partial charge in [-0.3, -0.25) is 4.79 Å². The van der Waals surface area contributed by atoms with Crippen molar-refractivity contribution in [2.45, 2.75) is 13.0 Å². The first-order chi connectivity index (χ1) is 8.88. The average molecular weight is 255 g/mol. The summed E-state index contributed by atoms with van der Waals surface area (Å²) in [5.41, 5.74) is 1.90. The van der Waals surface area contributed by atoms with Crippen LogP contribution in [0.2, 0.25) is 0 Å². The van der Waals surface area contributed by atoms with E-state index in [4.69, 9.17) is 0 Å². The van der Waals surface area contributed by atoms with Gasteiger partial charge in [-0.25, -0.2) is 0 Å². The van der Waals surface area contributed by atoms with Gasteiger partial charge in [0.1, 0.15) is 0 Å². The van der Waals surface area contributed by atoms with Crippen LogP contribution in [0.3, 0.4) is 0 Å². The summed E-state index contributed by atoms with van der Waals surface area (Å²) in [5.74, 6) is 0. The molecule has 3 rings (SSSR count). The molecule has 0 saturated carbocycles. The highest BCUT2D eigenvalue weighted by Crippen LogP contribution is 2.20. The molecule has 0 radical (unpaired) electrons. The van der Waals surface area contributed by atoms with E-state index in [1.54, 1.807) is 11.3 Å². The van der Waals surface area contributed by atoms with Gasteiger partial charge in [-0.1, -0.05) is 18.2 Å². The minimum Gasteiger partial charge on any atom is -0.347 e. The summed E-state index contributed by atoms with van der Waals surface area (Å²) in [7, 11) is 0. The third-order valence-corrected chi connectivity index (χ3v) is 4.09. The average Bonchev–Trinajstić information content (AvgIpc) is 3.05. The second-order valence-corrected chi connectivity index (χ2v) is 5.27. The van der Waals surface area contributed by atoms with Gasteiger partial charge in [-0.05, 0) is 30.0 Å². The number of hydrogen-bond donors (Lipinski definition) is 0. The molecule has 0 amide bonds. The molecule has 0 saturated heterocycles. The zero-order chi connectivity index (χ0) is 12.4. The molecule has 0 unspecified atom stereocenters. The van der Waals surface area contributed by atoms with Crippen LogP contribution in [0, 0.1) is 0 Å². The van der Waals surface area contributed by atoms with Crippen LogP contribution in [0.4, 0.5) is 0 Å². The third-order valence-electron chi connectivity index (χ3n) is 3.15. The van der Waals surface area contributed by atoms with Gasteiger partial charge in [0.15, 0.2) is 6.29 Å². The van der Waals surface area contributed by atoms with Crippen LogP contribution in [0.5, 0.6) is 0 Å². The number of aldehydes is 1. The number of fused-ring (bicyclic) bond motifs is 1. The standard InChI is InChI=1S/C15H13NOS/c17-11-12-3-1-5-15-14(12)7-9-16(15)8-6-13-4-2-10-18-13/h1-5,7,9-11H,6,8H2. The predicted molar refractivity (Wildman–Crippen MR) is 75.3 cm³/mol. The van der Waals surface area contributed by atoms with E-state index in [9.17, 15) is 4.79 Å². The van der Waals surface area contributed by atoms with Gasteiger partial charge < -0.3 is 4.57 Å². The van der Waals surface area contributed by atoms with Crippen molar-refractivity contribution in [3.05, 3.63) is 58.4 Å². The van der Waals surface area contributed by atoms with Crippen molar-refractivity contribution in [2.75, 3.05) is 0 Å². The first-order valence-corrected chi connectivity index (χ1v) is 6.82. The van der Waals surface area contributed by atoms with Gasteiger partial charge in [0, 0.05) is 34.1 Å². The highest BCUT2D eigenvalue weighted by molar-refractivity contribution is 7.09. The summed E-state index contributed by atoms with van der Waals surface area (Å²) < 4.78 is 2.21. The molecule has 90 valence electrons. The van der Waals surface area contributed by atoms with E-state index in [0.717, 1.165) is 35.7 Å². The number of thiophene rings is 1. The van der Waals surface area contributed by atoms with Gasteiger partial charge in [0.25, 0.3) is 0 Å². The van der Waals surface area contributed by atoms with E-state index < -0.39 is 0 Å². The van der Waals surface area contributed by atoms with Gasteiger partial charge in [-0.2, -0.15) is 0 Å². The molecule has 0 N–H and O–H groups in total. The Morgan fingerprint density at radius 2 is 2.11 bits per heavy atom. The normalized spacial score (nSPS) is 10.9. The number of carbonyl (C=O) groups excluding carboxylic acids is 1. The van der Waals surface area contributed by atoms with Crippen LogP contribution >= 0.6 is 11.3 Å². The smallest absolute Gasteiger partial charge is 0.150 e. The second kappa shape index (κ2) is 4.78. The highest BCUT2D eigenvalue weighted by Gasteiger charge is 2.05. The van der Waals surface area contributed by atoms with E-state index in [1.807, 2.05) is 18.2 Å². The molecule has 18 heavy (non-hydrogen) atoms. The monoisotopic (exact) mass is 255 g/mol. The van der Waals surface area contributed by atoms with E-state index in [-0.39, 0.29) is 0 Å². The Hall–Kier alpha value is -1.87. The Bertz CT molecular complexity index is 667. The molecule has 3 aromatic rings. The molecule has 2 nitrogen and oxygen atoms in total. The molecule has 2 aromatic heterocycles. The number of rotatable bonds is 4. The number of aryl methyl sites for hydroxylation is 2. The Balaban J connectivity index is 1.91. The Kier molecular flexibility index (Phi) is 2.99. The van der Waals surface area contributed by atoms with E-state index in [1.165, 1.54) is 4.88 Å². The molecule has 0 atom stereocenters. The minimum absolute atomic E-state index is 0.766. The summed E-state index contributed by atoms with van der Waals surface area (Å²) >= 11 is 1.79. The fourth-order valence-electron chi connectivity index (χ4n) is 2.23. The van der Waals surface area contributed by atoms with Gasteiger partial charge in [-0.15, -0.1) is 11.3 Å². The Labute approximate surface area is 109 Å². The number of nitrogens with zero attached hydrogens (tertiary/aromatic N) is 1. The molecular formula is C15H13NOS. The quantitative estimate of drug-likeness (QED) is 0.651. The van der Waals surface area contributed by atoms with Crippen LogP contribution in [-0.4, -0.2) is 10.9 Å². The van der Waals surface area contributed by atoms with Crippen LogP contribution in [-0.2, 0) is 13.0 Å². The van der Waals surface area contributed by atoms with Crippen molar-refractivity contribution in [3.8, 4) is 0 Å². The topological polar surface area (TPSA) is 22.0 Å². The second-order valence-electron chi connectivity index (χ2n) is 4.24. The fraction of sp³-hybridized carbons (Fsp3) is 0.133. The zero-order valence-corrected chi connectivity index (χ0v) is 10.7. The van der Waals surface area contributed by atoms with Crippen LogP contribution < -0.4 is 0 Å². The lowest BCUT2D eigenvalue weighted by Gasteiger charge is -2.04. The van der Waals surface area contributed by atoms with E-state index >= 15 is 0 Å². The Morgan fingerprint density at radius 3 is 2.89 bits per heavy atom. The van der Waals surface area contributed by atoms with Crippen LogP contribution in [0.25, 0.3) is 10.9 Å². The molecule has 0 spiro atoms. The summed E-state index contributed by atoms with van der Waals surface area (Å²) in [6.45, 7) is 0.951. The summed E-state index contributed by atoms with van der Waals surface area (Å²) in [4.78, 5) is 12.4. The molecule has 0 bridgehead atoms. The third kappa shape index (κ3) is 1.97. The number of benzene rings is 1. The van der Waals surface area contributed by atoms with Crippen LogP contribution in [0.1, 0.15) is 15.2 Å². The molecule has 0 aliphatic rings. The SMILES string of the molecule is O=Cc1cccc2c1ccn2CCc1cccs1. The van der Waals surface area contributed by atoms with Crippen molar-refractivity contribution in [3.63, 3.8) is 0 Å². The predicted octanol–water partition coefficient (Wildman–Crippen LogP) is 3.76. The molecule has 0 fully saturated rings. The lowest BCUT2D eigenvalue weighted by molar-refractivity contribution is 0.112. The zero-order valence-electron chi connectivity index (χ0n) is 9.87. The van der Waals surface area contributed by atoms with Gasteiger partial charge in [0.05, 0.1) is 0 Å².